The van der Waals surface area contributed by atoms with Gasteiger partial charge in [0.1, 0.15) is 6.20 Å². The minimum absolute atomic E-state index is 0. The van der Waals surface area contributed by atoms with Crippen LogP contribution in [0.25, 0.3) is 29.1 Å². The van der Waals surface area contributed by atoms with Crippen LogP contribution in [0.3, 0.4) is 0 Å². The van der Waals surface area contributed by atoms with Gasteiger partial charge in [-0.1, -0.05) is 80.3 Å². The summed E-state index contributed by atoms with van der Waals surface area (Å²) in [7, 11) is 4.14. The molecular weight excluding hydrogens is 541 g/mol. The quantitative estimate of drug-likeness (QED) is 0.154. The molecule has 4 rings (SSSR count). The van der Waals surface area contributed by atoms with Crippen LogP contribution in [-0.4, -0.2) is 18.7 Å². The Morgan fingerprint density at radius 2 is 1.51 bits per heavy atom. The highest BCUT2D eigenvalue weighted by Crippen LogP contribution is 2.23. The molecule has 0 saturated carbocycles. The zero-order valence-corrected chi connectivity index (χ0v) is 23.7. The number of rotatable bonds is 10. The molecule has 4 aromatic rings. The molecule has 2 aromatic carbocycles. The van der Waals surface area contributed by atoms with E-state index in [1.54, 1.807) is 0 Å². The summed E-state index contributed by atoms with van der Waals surface area (Å²) in [6, 6.07) is 22.1. The SMILES string of the molecule is CCCCCCCn1c(-c2ccc(C)cc2)c[n+]2ccc(/C=C/c3ccc(N(C)C)cc3)cc12.[I-]. The lowest BCUT2D eigenvalue weighted by atomic mass is 10.1. The lowest BCUT2D eigenvalue weighted by molar-refractivity contribution is -0.510. The van der Waals surface area contributed by atoms with Gasteiger partial charge in [0, 0.05) is 31.4 Å². The molecule has 0 N–H and O–H groups in total. The van der Waals surface area contributed by atoms with E-state index >= 15 is 0 Å². The topological polar surface area (TPSA) is 12.3 Å². The maximum Gasteiger partial charge on any atom is 0.287 e. The summed E-state index contributed by atoms with van der Waals surface area (Å²) < 4.78 is 4.77. The number of aryl methyl sites for hydroxylation is 2. The summed E-state index contributed by atoms with van der Waals surface area (Å²) in [5.41, 5.74) is 8.76. The molecule has 0 amide bonds. The van der Waals surface area contributed by atoms with Crippen molar-refractivity contribution >= 4 is 23.5 Å². The number of hydrogen-bond acceptors (Lipinski definition) is 1. The minimum atomic E-state index is 0. The Morgan fingerprint density at radius 1 is 0.829 bits per heavy atom. The molecule has 4 heteroatoms. The normalized spacial score (nSPS) is 11.2. The number of anilines is 1. The third kappa shape index (κ3) is 6.97. The predicted molar refractivity (Wildman–Crippen MR) is 146 cm³/mol. The lowest BCUT2D eigenvalue weighted by Crippen LogP contribution is -3.00. The van der Waals surface area contributed by atoms with Gasteiger partial charge in [-0.25, -0.2) is 8.97 Å². The summed E-state index contributed by atoms with van der Waals surface area (Å²) in [4.78, 5) is 2.13. The zero-order valence-electron chi connectivity index (χ0n) is 21.5. The molecule has 0 radical (unpaired) electrons. The van der Waals surface area contributed by atoms with E-state index in [2.05, 4.69) is 127 Å². The monoisotopic (exact) mass is 579 g/mol. The number of hydrogen-bond donors (Lipinski definition) is 0. The fourth-order valence-corrected chi connectivity index (χ4v) is 4.41. The van der Waals surface area contributed by atoms with Crippen LogP contribution < -0.4 is 33.3 Å². The third-order valence-corrected chi connectivity index (χ3v) is 6.53. The first-order chi connectivity index (χ1) is 16.5. The number of nitrogens with zero attached hydrogens (tertiary/aromatic N) is 3. The number of halogens is 1. The van der Waals surface area contributed by atoms with Crippen LogP contribution in [-0.2, 0) is 6.54 Å². The Hall–Kier alpha value is -2.60. The fraction of sp³-hybridized carbons (Fsp3) is 0.323. The summed E-state index contributed by atoms with van der Waals surface area (Å²) in [5.74, 6) is 0. The Kier molecular flexibility index (Phi) is 9.96. The zero-order chi connectivity index (χ0) is 23.9. The molecule has 2 heterocycles. The second-order valence-corrected chi connectivity index (χ2v) is 9.49. The molecule has 3 nitrogen and oxygen atoms in total. The van der Waals surface area contributed by atoms with Gasteiger partial charge in [0.15, 0.2) is 5.69 Å². The molecule has 184 valence electrons. The van der Waals surface area contributed by atoms with Crippen molar-refractivity contribution in [3.63, 3.8) is 0 Å². The first-order valence-electron chi connectivity index (χ1n) is 12.6. The molecule has 0 aliphatic rings. The van der Waals surface area contributed by atoms with E-state index in [1.807, 2.05) is 0 Å². The van der Waals surface area contributed by atoms with Crippen LogP contribution in [0, 0.1) is 6.92 Å². The smallest absolute Gasteiger partial charge is 0.287 e. The average molecular weight is 580 g/mol. The third-order valence-electron chi connectivity index (χ3n) is 6.53. The average Bonchev–Trinajstić information content (AvgIpc) is 3.21. The van der Waals surface area contributed by atoms with E-state index < -0.39 is 0 Å². The Labute approximate surface area is 228 Å². The summed E-state index contributed by atoms with van der Waals surface area (Å²) >= 11 is 0. The standard InChI is InChI=1S/C31H38N3.HI/c1-5-6-7-8-9-21-34-30(28-16-10-25(2)11-17-28)24-33-22-20-27(23-31(33)34)13-12-26-14-18-29(19-15-26)32(3)4;/h10-20,22-24H,5-9,21H2,1-4H3;1H/q+1;/p-1. The van der Waals surface area contributed by atoms with E-state index in [1.165, 1.54) is 71.4 Å². The number of fused-ring (bicyclic) bond motifs is 1. The molecule has 0 spiro atoms. The first-order valence-corrected chi connectivity index (χ1v) is 12.6. The van der Waals surface area contributed by atoms with E-state index in [-0.39, 0.29) is 24.0 Å². The van der Waals surface area contributed by atoms with Gasteiger partial charge in [-0.3, -0.25) is 0 Å². The summed E-state index contributed by atoms with van der Waals surface area (Å²) in [5, 5.41) is 0. The van der Waals surface area contributed by atoms with Gasteiger partial charge in [0.2, 0.25) is 0 Å². The van der Waals surface area contributed by atoms with Gasteiger partial charge in [-0.15, -0.1) is 0 Å². The van der Waals surface area contributed by atoms with Crippen molar-refractivity contribution in [1.29, 1.82) is 0 Å². The van der Waals surface area contributed by atoms with Crippen molar-refractivity contribution in [2.45, 2.75) is 52.5 Å². The maximum atomic E-state index is 2.50. The van der Waals surface area contributed by atoms with Crippen LogP contribution >= 0.6 is 0 Å². The van der Waals surface area contributed by atoms with Crippen LogP contribution in [0.2, 0.25) is 0 Å². The highest BCUT2D eigenvalue weighted by Gasteiger charge is 2.19. The van der Waals surface area contributed by atoms with Gasteiger partial charge in [-0.2, -0.15) is 0 Å². The van der Waals surface area contributed by atoms with Gasteiger partial charge in [-0.05, 0) is 49.1 Å². The highest BCUT2D eigenvalue weighted by molar-refractivity contribution is 5.72. The largest absolute Gasteiger partial charge is 1.00 e. The maximum absolute atomic E-state index is 2.50. The van der Waals surface area contributed by atoms with Crippen molar-refractivity contribution in [3.05, 3.63) is 89.7 Å². The van der Waals surface area contributed by atoms with Crippen molar-refractivity contribution in [2.24, 2.45) is 0 Å². The molecule has 35 heavy (non-hydrogen) atoms. The van der Waals surface area contributed by atoms with Gasteiger partial charge >= 0.3 is 0 Å². The Bertz CT molecular complexity index is 1230. The number of benzene rings is 2. The molecule has 0 saturated heterocycles. The Morgan fingerprint density at radius 3 is 2.20 bits per heavy atom. The number of imidazole rings is 1. The van der Waals surface area contributed by atoms with Crippen molar-refractivity contribution in [3.8, 4) is 11.3 Å². The molecule has 0 aliphatic carbocycles. The molecular formula is C31H38IN3. The van der Waals surface area contributed by atoms with E-state index in [0.717, 1.165) is 6.54 Å². The highest BCUT2D eigenvalue weighted by atomic mass is 127. The Balaban J connectivity index is 0.00000342. The fourth-order valence-electron chi connectivity index (χ4n) is 4.41. The van der Waals surface area contributed by atoms with Crippen LogP contribution in [0.5, 0.6) is 0 Å². The van der Waals surface area contributed by atoms with E-state index in [4.69, 9.17) is 0 Å². The van der Waals surface area contributed by atoms with Gasteiger partial charge in [0.25, 0.3) is 5.65 Å². The first kappa shape index (κ1) is 27.0. The number of pyridine rings is 1. The predicted octanol–water partition coefficient (Wildman–Crippen LogP) is 4.41. The molecule has 0 bridgehead atoms. The van der Waals surface area contributed by atoms with Crippen molar-refractivity contribution in [1.82, 2.24) is 4.57 Å². The van der Waals surface area contributed by atoms with Crippen molar-refractivity contribution < 1.29 is 28.4 Å². The van der Waals surface area contributed by atoms with Gasteiger partial charge in [0.05, 0.1) is 12.7 Å². The molecule has 0 unspecified atom stereocenters. The van der Waals surface area contributed by atoms with Gasteiger partial charge < -0.3 is 28.9 Å². The van der Waals surface area contributed by atoms with Crippen LogP contribution in [0.1, 0.15) is 55.7 Å². The summed E-state index contributed by atoms with van der Waals surface area (Å²) in [6.45, 7) is 5.47. The molecule has 0 aliphatic heterocycles. The summed E-state index contributed by atoms with van der Waals surface area (Å²) in [6.07, 6.45) is 15.3. The number of unbranched alkanes of at least 4 members (excludes halogenated alkanes) is 4. The van der Waals surface area contributed by atoms with Crippen LogP contribution in [0.15, 0.2) is 73.1 Å². The lowest BCUT2D eigenvalue weighted by Gasteiger charge is -2.11. The van der Waals surface area contributed by atoms with E-state index in [0.29, 0.717) is 0 Å². The molecule has 2 aromatic heterocycles. The second kappa shape index (κ2) is 12.9. The van der Waals surface area contributed by atoms with E-state index in [9.17, 15) is 0 Å². The van der Waals surface area contributed by atoms with Crippen LogP contribution in [0.4, 0.5) is 5.69 Å². The van der Waals surface area contributed by atoms with Crippen molar-refractivity contribution in [2.75, 3.05) is 19.0 Å². The second-order valence-electron chi connectivity index (χ2n) is 9.49. The number of aromatic nitrogens is 2. The molecule has 0 atom stereocenters. The minimum Gasteiger partial charge on any atom is -1.00 e. The molecule has 0 fully saturated rings.